The minimum Gasteiger partial charge on any atom is -0.466 e. The zero-order valence-corrected chi connectivity index (χ0v) is 11.5. The Morgan fingerprint density at radius 3 is 2.95 bits per heavy atom. The first-order chi connectivity index (χ1) is 9.23. The highest BCUT2D eigenvalue weighted by Gasteiger charge is 2.61. The summed E-state index contributed by atoms with van der Waals surface area (Å²) in [5.74, 6) is 0.178. The summed E-state index contributed by atoms with van der Waals surface area (Å²) < 4.78 is 5.15. The molecule has 1 spiro atoms. The van der Waals surface area contributed by atoms with Crippen LogP contribution in [0.5, 0.6) is 0 Å². The fraction of sp³-hybridized carbons (Fsp3) is 0.562. The Labute approximate surface area is 114 Å². The molecule has 0 amide bonds. The molecule has 3 rings (SSSR count). The van der Waals surface area contributed by atoms with Gasteiger partial charge in [-0.25, -0.2) is 0 Å². The number of hydrogen-bond acceptors (Lipinski definition) is 3. The van der Waals surface area contributed by atoms with Crippen LogP contribution in [0, 0.1) is 11.3 Å². The molecule has 0 unspecified atom stereocenters. The molecule has 1 saturated carbocycles. The van der Waals surface area contributed by atoms with Gasteiger partial charge in [0, 0.05) is 13.1 Å². The first kappa shape index (κ1) is 12.7. The third kappa shape index (κ3) is 2.52. The largest absolute Gasteiger partial charge is 0.466 e. The quantitative estimate of drug-likeness (QED) is 0.778. The summed E-state index contributed by atoms with van der Waals surface area (Å²) in [5.41, 5.74) is 1.59. The van der Waals surface area contributed by atoms with E-state index >= 15 is 0 Å². The van der Waals surface area contributed by atoms with Crippen LogP contribution in [-0.2, 0) is 16.1 Å². The lowest BCUT2D eigenvalue weighted by atomic mass is 10.0. The van der Waals surface area contributed by atoms with Crippen LogP contribution in [0.2, 0.25) is 0 Å². The summed E-state index contributed by atoms with van der Waals surface area (Å²) in [6, 6.07) is 10.5. The molecule has 2 atom stereocenters. The summed E-state index contributed by atoms with van der Waals surface area (Å²) in [6.07, 6.45) is 2.17. The van der Waals surface area contributed by atoms with Gasteiger partial charge in [0.15, 0.2) is 0 Å². The second kappa shape index (κ2) is 4.97. The van der Waals surface area contributed by atoms with Gasteiger partial charge in [0.25, 0.3) is 0 Å². The standard InChI is InChI=1S/C16H21NO2/c1-2-19-15(18)14-10-16(14)8-9-17(12-16)11-13-6-4-3-5-7-13/h3-7,14H,2,8-12H2,1H3/t14-,16+/m1/s1. The van der Waals surface area contributed by atoms with Gasteiger partial charge in [0.2, 0.25) is 0 Å². The van der Waals surface area contributed by atoms with Gasteiger partial charge in [-0.2, -0.15) is 0 Å². The number of benzene rings is 1. The van der Waals surface area contributed by atoms with E-state index in [2.05, 4.69) is 29.2 Å². The lowest BCUT2D eigenvalue weighted by Crippen LogP contribution is -2.22. The molecular formula is C16H21NO2. The first-order valence-corrected chi connectivity index (χ1v) is 7.16. The lowest BCUT2D eigenvalue weighted by molar-refractivity contribution is -0.145. The van der Waals surface area contributed by atoms with Crippen LogP contribution in [0.3, 0.4) is 0 Å². The van der Waals surface area contributed by atoms with Gasteiger partial charge in [-0.05, 0) is 37.3 Å². The Kier molecular flexibility index (Phi) is 3.31. The normalized spacial score (nSPS) is 29.6. The Morgan fingerprint density at radius 1 is 1.42 bits per heavy atom. The van der Waals surface area contributed by atoms with E-state index in [0.717, 1.165) is 32.5 Å². The number of hydrogen-bond donors (Lipinski definition) is 0. The Bertz CT molecular complexity index is 459. The van der Waals surface area contributed by atoms with Crippen molar-refractivity contribution in [3.63, 3.8) is 0 Å². The van der Waals surface area contributed by atoms with Crippen LogP contribution in [-0.4, -0.2) is 30.6 Å². The van der Waals surface area contributed by atoms with Gasteiger partial charge in [-0.3, -0.25) is 9.69 Å². The number of nitrogens with zero attached hydrogens (tertiary/aromatic N) is 1. The highest BCUT2D eigenvalue weighted by molar-refractivity contribution is 5.77. The molecular weight excluding hydrogens is 238 g/mol. The van der Waals surface area contributed by atoms with E-state index < -0.39 is 0 Å². The Hall–Kier alpha value is -1.35. The average molecular weight is 259 g/mol. The number of carbonyl (C=O) groups is 1. The summed E-state index contributed by atoms with van der Waals surface area (Å²) in [7, 11) is 0. The second-order valence-corrected chi connectivity index (χ2v) is 5.82. The number of ether oxygens (including phenoxy) is 1. The van der Waals surface area contributed by atoms with Gasteiger partial charge in [0.1, 0.15) is 0 Å². The fourth-order valence-electron chi connectivity index (χ4n) is 3.34. The van der Waals surface area contributed by atoms with Crippen molar-refractivity contribution in [3.05, 3.63) is 35.9 Å². The molecule has 0 radical (unpaired) electrons. The van der Waals surface area contributed by atoms with Gasteiger partial charge in [0.05, 0.1) is 12.5 Å². The third-order valence-electron chi connectivity index (χ3n) is 4.47. The molecule has 0 bridgehead atoms. The molecule has 1 heterocycles. The van der Waals surface area contributed by atoms with E-state index in [9.17, 15) is 4.79 Å². The molecule has 1 aromatic rings. The molecule has 3 nitrogen and oxygen atoms in total. The fourth-order valence-corrected chi connectivity index (χ4v) is 3.34. The minimum absolute atomic E-state index is 0.0176. The van der Waals surface area contributed by atoms with E-state index in [-0.39, 0.29) is 17.3 Å². The third-order valence-corrected chi connectivity index (χ3v) is 4.47. The summed E-state index contributed by atoms with van der Waals surface area (Å²) in [5, 5.41) is 0. The highest BCUT2D eigenvalue weighted by atomic mass is 16.5. The molecule has 19 heavy (non-hydrogen) atoms. The van der Waals surface area contributed by atoms with E-state index in [1.165, 1.54) is 5.56 Å². The van der Waals surface area contributed by atoms with E-state index in [0.29, 0.717) is 6.61 Å². The maximum Gasteiger partial charge on any atom is 0.309 e. The zero-order chi connectivity index (χ0) is 13.3. The zero-order valence-electron chi connectivity index (χ0n) is 11.5. The molecule has 2 aliphatic rings. The van der Waals surface area contributed by atoms with Gasteiger partial charge >= 0.3 is 5.97 Å². The van der Waals surface area contributed by atoms with Gasteiger partial charge in [-0.1, -0.05) is 30.3 Å². The van der Waals surface area contributed by atoms with Crippen molar-refractivity contribution in [3.8, 4) is 0 Å². The molecule has 1 aliphatic carbocycles. The second-order valence-electron chi connectivity index (χ2n) is 5.82. The van der Waals surface area contributed by atoms with Crippen LogP contribution in [0.25, 0.3) is 0 Å². The van der Waals surface area contributed by atoms with Crippen molar-refractivity contribution < 1.29 is 9.53 Å². The summed E-state index contributed by atoms with van der Waals surface area (Å²) >= 11 is 0. The monoisotopic (exact) mass is 259 g/mol. The molecule has 1 saturated heterocycles. The van der Waals surface area contributed by atoms with Crippen LogP contribution < -0.4 is 0 Å². The van der Waals surface area contributed by atoms with Crippen LogP contribution in [0.15, 0.2) is 30.3 Å². The van der Waals surface area contributed by atoms with Crippen molar-refractivity contribution in [2.24, 2.45) is 11.3 Å². The average Bonchev–Trinajstić information content (AvgIpc) is 2.97. The predicted molar refractivity (Wildman–Crippen MR) is 73.5 cm³/mol. The molecule has 0 aromatic heterocycles. The molecule has 102 valence electrons. The van der Waals surface area contributed by atoms with Crippen LogP contribution in [0.4, 0.5) is 0 Å². The minimum atomic E-state index is 0.0176. The highest BCUT2D eigenvalue weighted by Crippen LogP contribution is 2.59. The van der Waals surface area contributed by atoms with E-state index in [4.69, 9.17) is 4.74 Å². The molecule has 0 N–H and O–H groups in total. The SMILES string of the molecule is CCOC(=O)[C@H]1C[C@]12CCN(Cc1ccccc1)C2. The van der Waals surface area contributed by atoms with E-state index in [1.807, 2.05) is 13.0 Å². The van der Waals surface area contributed by atoms with Crippen molar-refractivity contribution in [2.45, 2.75) is 26.3 Å². The Balaban J connectivity index is 1.56. The number of esters is 1. The maximum absolute atomic E-state index is 11.8. The molecule has 1 aromatic carbocycles. The smallest absolute Gasteiger partial charge is 0.309 e. The van der Waals surface area contributed by atoms with Crippen molar-refractivity contribution in [1.82, 2.24) is 4.90 Å². The molecule has 2 fully saturated rings. The molecule has 3 heteroatoms. The molecule has 1 aliphatic heterocycles. The number of rotatable bonds is 4. The summed E-state index contributed by atoms with van der Waals surface area (Å²) in [6.45, 7) is 5.52. The van der Waals surface area contributed by atoms with Crippen LogP contribution >= 0.6 is 0 Å². The van der Waals surface area contributed by atoms with Crippen molar-refractivity contribution in [1.29, 1.82) is 0 Å². The number of carbonyl (C=O) groups excluding carboxylic acids is 1. The summed E-state index contributed by atoms with van der Waals surface area (Å²) in [4.78, 5) is 14.3. The van der Waals surface area contributed by atoms with Gasteiger partial charge < -0.3 is 4.74 Å². The lowest BCUT2D eigenvalue weighted by Gasteiger charge is -2.16. The van der Waals surface area contributed by atoms with Crippen LogP contribution in [0.1, 0.15) is 25.3 Å². The van der Waals surface area contributed by atoms with E-state index in [1.54, 1.807) is 0 Å². The van der Waals surface area contributed by atoms with Crippen molar-refractivity contribution >= 4 is 5.97 Å². The first-order valence-electron chi connectivity index (χ1n) is 7.16. The topological polar surface area (TPSA) is 29.5 Å². The Morgan fingerprint density at radius 2 is 2.21 bits per heavy atom. The maximum atomic E-state index is 11.8. The van der Waals surface area contributed by atoms with Crippen molar-refractivity contribution in [2.75, 3.05) is 19.7 Å². The van der Waals surface area contributed by atoms with Gasteiger partial charge in [-0.15, -0.1) is 0 Å². The predicted octanol–water partition coefficient (Wildman–Crippen LogP) is 2.46. The number of likely N-dealkylation sites (tertiary alicyclic amines) is 1.